The van der Waals surface area contributed by atoms with E-state index in [4.69, 9.17) is 0 Å². The maximum Gasteiger partial charge on any atom is 0.272 e. The lowest BCUT2D eigenvalue weighted by molar-refractivity contribution is 0.0935. The molecule has 0 spiro atoms. The third kappa shape index (κ3) is 2.88. The van der Waals surface area contributed by atoms with Gasteiger partial charge in [0.1, 0.15) is 11.6 Å². The molecule has 3 aromatic rings. The third-order valence-electron chi connectivity index (χ3n) is 3.69. The molecule has 0 fully saturated rings. The van der Waals surface area contributed by atoms with Crippen molar-refractivity contribution in [3.63, 3.8) is 0 Å². The lowest BCUT2D eigenvalue weighted by atomic mass is 10.1. The van der Waals surface area contributed by atoms with Gasteiger partial charge >= 0.3 is 0 Å². The van der Waals surface area contributed by atoms with Gasteiger partial charge in [0, 0.05) is 17.0 Å². The predicted octanol–water partition coefficient (Wildman–Crippen LogP) is 2.69. The summed E-state index contributed by atoms with van der Waals surface area (Å²) in [4.78, 5) is 24.2. The van der Waals surface area contributed by atoms with Crippen LogP contribution in [0.25, 0.3) is 10.8 Å². The molecule has 1 amide bonds. The van der Waals surface area contributed by atoms with Crippen LogP contribution in [0.3, 0.4) is 0 Å². The Balaban J connectivity index is 1.93. The molecule has 1 heterocycles. The van der Waals surface area contributed by atoms with Crippen LogP contribution in [0.15, 0.2) is 47.3 Å². The largest absolute Gasteiger partial charge is 0.344 e. The van der Waals surface area contributed by atoms with E-state index in [0.29, 0.717) is 10.8 Å². The molecule has 24 heavy (non-hydrogen) atoms. The number of halogens is 2. The molecule has 122 valence electrons. The second kappa shape index (κ2) is 6.19. The quantitative estimate of drug-likeness (QED) is 0.776. The summed E-state index contributed by atoms with van der Waals surface area (Å²) < 4.78 is 26.8. The third-order valence-corrected chi connectivity index (χ3v) is 3.69. The second-order valence-corrected chi connectivity index (χ2v) is 5.31. The maximum atomic E-state index is 13.8. The highest BCUT2D eigenvalue weighted by Gasteiger charge is 2.18. The molecule has 0 aliphatic carbocycles. The number of fused-ring (bicyclic) bond motifs is 1. The number of hydrogen-bond acceptors (Lipinski definition) is 3. The number of benzene rings is 2. The molecule has 0 aliphatic rings. The van der Waals surface area contributed by atoms with E-state index in [9.17, 15) is 18.4 Å². The summed E-state index contributed by atoms with van der Waals surface area (Å²) in [5.41, 5.74) is -0.224. The number of nitrogens with zero attached hydrogens (tertiary/aromatic N) is 1. The molecule has 0 aliphatic heterocycles. The van der Waals surface area contributed by atoms with Crippen LogP contribution in [0.5, 0.6) is 0 Å². The number of carbonyl (C=O) groups excluding carboxylic acids is 1. The molecule has 5 nitrogen and oxygen atoms in total. The lowest BCUT2D eigenvalue weighted by Gasteiger charge is -2.15. The maximum absolute atomic E-state index is 13.8. The van der Waals surface area contributed by atoms with E-state index in [-0.39, 0.29) is 11.3 Å². The first-order chi connectivity index (χ1) is 11.5. The number of amides is 1. The fraction of sp³-hybridized carbons (Fsp3) is 0.118. The highest BCUT2D eigenvalue weighted by molar-refractivity contribution is 6.04. The molecule has 2 aromatic carbocycles. The number of H-pyrrole nitrogens is 1. The van der Waals surface area contributed by atoms with E-state index in [1.807, 2.05) is 0 Å². The van der Waals surface area contributed by atoms with Crippen molar-refractivity contribution in [3.8, 4) is 0 Å². The Kier molecular flexibility index (Phi) is 4.07. The smallest absolute Gasteiger partial charge is 0.272 e. The summed E-state index contributed by atoms with van der Waals surface area (Å²) in [5, 5.41) is 9.38. The first kappa shape index (κ1) is 15.8. The van der Waals surface area contributed by atoms with Crippen molar-refractivity contribution in [2.75, 3.05) is 0 Å². The zero-order valence-corrected chi connectivity index (χ0v) is 12.6. The van der Waals surface area contributed by atoms with Gasteiger partial charge in [-0.25, -0.2) is 13.9 Å². The van der Waals surface area contributed by atoms with E-state index in [1.165, 1.54) is 6.07 Å². The van der Waals surface area contributed by atoms with Gasteiger partial charge in [-0.05, 0) is 19.1 Å². The van der Waals surface area contributed by atoms with Gasteiger partial charge in [0.05, 0.1) is 11.4 Å². The summed E-state index contributed by atoms with van der Waals surface area (Å²) in [7, 11) is 0. The van der Waals surface area contributed by atoms with Crippen LogP contribution in [-0.4, -0.2) is 16.1 Å². The van der Waals surface area contributed by atoms with Crippen LogP contribution in [-0.2, 0) is 0 Å². The average Bonchev–Trinajstić information content (AvgIpc) is 2.55. The Morgan fingerprint density at radius 1 is 1.17 bits per heavy atom. The minimum Gasteiger partial charge on any atom is -0.344 e. The SMILES string of the molecule is C[C@@H](NC(=O)c1n[nH]c(=O)c2ccccc12)c1ccc(F)cc1F. The average molecular weight is 329 g/mol. The Labute approximate surface area is 135 Å². The van der Waals surface area contributed by atoms with Gasteiger partial charge in [0.15, 0.2) is 5.69 Å². The second-order valence-electron chi connectivity index (χ2n) is 5.31. The highest BCUT2D eigenvalue weighted by Crippen LogP contribution is 2.19. The van der Waals surface area contributed by atoms with Crippen molar-refractivity contribution in [3.05, 3.63) is 75.7 Å². The number of hydrogen-bond donors (Lipinski definition) is 2. The van der Waals surface area contributed by atoms with Gasteiger partial charge in [0.2, 0.25) is 0 Å². The summed E-state index contributed by atoms with van der Waals surface area (Å²) in [6, 6.07) is 8.99. The van der Waals surface area contributed by atoms with Gasteiger partial charge in [0.25, 0.3) is 11.5 Å². The minimum absolute atomic E-state index is 0.0274. The summed E-state index contributed by atoms with van der Waals surface area (Å²) in [6.45, 7) is 1.57. The Hall–Kier alpha value is -3.09. The Morgan fingerprint density at radius 3 is 2.58 bits per heavy atom. The van der Waals surface area contributed by atoms with Crippen molar-refractivity contribution >= 4 is 16.7 Å². The summed E-state index contributed by atoms with van der Waals surface area (Å²) in [6.07, 6.45) is 0. The number of nitrogens with one attached hydrogen (secondary N) is 2. The van der Waals surface area contributed by atoms with Gasteiger partial charge in [-0.2, -0.15) is 5.10 Å². The van der Waals surface area contributed by atoms with E-state index in [1.54, 1.807) is 31.2 Å². The molecule has 1 atom stereocenters. The summed E-state index contributed by atoms with van der Waals surface area (Å²) in [5.74, 6) is -2.01. The molecular weight excluding hydrogens is 316 g/mol. The lowest BCUT2D eigenvalue weighted by Crippen LogP contribution is -2.29. The fourth-order valence-electron chi connectivity index (χ4n) is 2.48. The summed E-state index contributed by atoms with van der Waals surface area (Å²) >= 11 is 0. The fourth-order valence-corrected chi connectivity index (χ4v) is 2.48. The van der Waals surface area contributed by atoms with Crippen LogP contribution in [0.2, 0.25) is 0 Å². The molecule has 3 rings (SSSR count). The monoisotopic (exact) mass is 329 g/mol. The zero-order chi connectivity index (χ0) is 17.3. The van der Waals surface area contributed by atoms with Crippen LogP contribution < -0.4 is 10.9 Å². The highest BCUT2D eigenvalue weighted by atomic mass is 19.1. The van der Waals surface area contributed by atoms with Crippen LogP contribution in [0, 0.1) is 11.6 Å². The van der Waals surface area contributed by atoms with E-state index < -0.39 is 29.1 Å². The molecule has 0 unspecified atom stereocenters. The van der Waals surface area contributed by atoms with Crippen molar-refractivity contribution in [2.45, 2.75) is 13.0 Å². The number of aromatic nitrogens is 2. The van der Waals surface area contributed by atoms with Crippen LogP contribution in [0.1, 0.15) is 29.0 Å². The molecule has 1 aromatic heterocycles. The van der Waals surface area contributed by atoms with E-state index in [2.05, 4.69) is 15.5 Å². The Morgan fingerprint density at radius 2 is 1.88 bits per heavy atom. The molecular formula is C17H13F2N3O2. The topological polar surface area (TPSA) is 74.8 Å². The van der Waals surface area contributed by atoms with E-state index >= 15 is 0 Å². The first-order valence-electron chi connectivity index (χ1n) is 7.20. The number of carbonyl (C=O) groups is 1. The van der Waals surface area contributed by atoms with Crippen LogP contribution >= 0.6 is 0 Å². The molecule has 0 bridgehead atoms. The standard InChI is InChI=1S/C17H13F2N3O2/c1-9(11-7-6-10(18)8-14(11)19)20-17(24)15-12-4-2-3-5-13(12)16(23)22-21-15/h2-9H,1H3,(H,20,24)(H,22,23)/t9-/m1/s1. The molecule has 0 radical (unpaired) electrons. The van der Waals surface area contributed by atoms with Gasteiger partial charge in [-0.15, -0.1) is 0 Å². The molecule has 0 saturated heterocycles. The predicted molar refractivity (Wildman–Crippen MR) is 84.6 cm³/mol. The molecule has 2 N–H and O–H groups in total. The van der Waals surface area contributed by atoms with Crippen molar-refractivity contribution in [1.82, 2.24) is 15.5 Å². The van der Waals surface area contributed by atoms with Gasteiger partial charge in [-0.1, -0.05) is 24.3 Å². The Bertz CT molecular complexity index is 985. The van der Waals surface area contributed by atoms with Crippen molar-refractivity contribution < 1.29 is 13.6 Å². The number of rotatable bonds is 3. The van der Waals surface area contributed by atoms with Gasteiger partial charge < -0.3 is 5.32 Å². The van der Waals surface area contributed by atoms with Gasteiger partial charge in [-0.3, -0.25) is 9.59 Å². The zero-order valence-electron chi connectivity index (χ0n) is 12.6. The van der Waals surface area contributed by atoms with Crippen molar-refractivity contribution in [2.24, 2.45) is 0 Å². The number of aromatic amines is 1. The minimum atomic E-state index is -0.748. The normalized spacial score (nSPS) is 12.1. The van der Waals surface area contributed by atoms with E-state index in [0.717, 1.165) is 12.1 Å². The van der Waals surface area contributed by atoms with Crippen LogP contribution in [0.4, 0.5) is 8.78 Å². The molecule has 7 heteroatoms. The molecule has 0 saturated carbocycles. The van der Waals surface area contributed by atoms with Crippen molar-refractivity contribution in [1.29, 1.82) is 0 Å². The first-order valence-corrected chi connectivity index (χ1v) is 7.20.